The van der Waals surface area contributed by atoms with Crippen LogP contribution >= 0.6 is 0 Å². The molecule has 0 amide bonds. The van der Waals surface area contributed by atoms with E-state index in [-0.39, 0.29) is 11.7 Å². The maximum Gasteiger partial charge on any atom is 0.0957 e. The van der Waals surface area contributed by atoms with Gasteiger partial charge in [-0.1, -0.05) is 61.5 Å². The van der Waals surface area contributed by atoms with Crippen molar-refractivity contribution in [2.24, 2.45) is 0 Å². The molecule has 0 saturated carbocycles. The van der Waals surface area contributed by atoms with Crippen LogP contribution in [-0.4, -0.2) is 18.7 Å². The van der Waals surface area contributed by atoms with Crippen LogP contribution in [0.5, 0.6) is 0 Å². The molecule has 0 radical (unpaired) electrons. The number of hydrogen-bond donors (Lipinski definition) is 1. The Labute approximate surface area is 127 Å². The van der Waals surface area contributed by atoms with E-state index in [0.717, 1.165) is 19.5 Å². The van der Waals surface area contributed by atoms with Crippen LogP contribution in [0.4, 0.5) is 0 Å². The van der Waals surface area contributed by atoms with Gasteiger partial charge in [0.25, 0.3) is 0 Å². The van der Waals surface area contributed by atoms with Crippen LogP contribution < -0.4 is 5.32 Å². The second-order valence-corrected chi connectivity index (χ2v) is 6.03. The molecular weight excluding hydrogens is 258 g/mol. The molecule has 2 unspecified atom stereocenters. The van der Waals surface area contributed by atoms with Crippen molar-refractivity contribution in [3.05, 3.63) is 60.2 Å². The zero-order chi connectivity index (χ0) is 14.7. The summed E-state index contributed by atoms with van der Waals surface area (Å²) >= 11 is 0. The number of nitrogens with one attached hydrogen (secondary N) is 1. The summed E-state index contributed by atoms with van der Waals surface area (Å²) < 4.78 is 6.29. The highest BCUT2D eigenvalue weighted by Gasteiger charge is 2.31. The van der Waals surface area contributed by atoms with Crippen LogP contribution in [0.25, 0.3) is 11.1 Å². The predicted octanol–water partition coefficient (Wildman–Crippen LogP) is 4.18. The van der Waals surface area contributed by atoms with Crippen molar-refractivity contribution < 1.29 is 4.74 Å². The molecule has 2 atom stereocenters. The minimum atomic E-state index is -0.0545. The van der Waals surface area contributed by atoms with Gasteiger partial charge in [0.05, 0.1) is 11.7 Å². The Hall–Kier alpha value is -1.64. The fourth-order valence-corrected chi connectivity index (χ4v) is 2.81. The summed E-state index contributed by atoms with van der Waals surface area (Å²) in [4.78, 5) is 0. The van der Waals surface area contributed by atoms with Gasteiger partial charge in [0.2, 0.25) is 0 Å². The normalized spacial score (nSPS) is 25.7. The van der Waals surface area contributed by atoms with Crippen molar-refractivity contribution >= 4 is 0 Å². The van der Waals surface area contributed by atoms with E-state index < -0.39 is 0 Å². The highest BCUT2D eigenvalue weighted by atomic mass is 16.5. The van der Waals surface area contributed by atoms with Crippen LogP contribution in [0.3, 0.4) is 0 Å². The molecule has 110 valence electrons. The highest BCUT2D eigenvalue weighted by Crippen LogP contribution is 2.30. The molecule has 1 aliphatic heterocycles. The quantitative estimate of drug-likeness (QED) is 0.911. The number of rotatable bonds is 3. The van der Waals surface area contributed by atoms with Gasteiger partial charge in [-0.3, -0.25) is 0 Å². The summed E-state index contributed by atoms with van der Waals surface area (Å²) in [5.41, 5.74) is 3.70. The SMILES string of the molecule is CCC1(C)CNCC(c2ccc(-c3ccccc3)cc2)O1. The van der Waals surface area contributed by atoms with Crippen LogP contribution in [0.15, 0.2) is 54.6 Å². The van der Waals surface area contributed by atoms with Gasteiger partial charge in [-0.2, -0.15) is 0 Å². The summed E-state index contributed by atoms with van der Waals surface area (Å²) in [5.74, 6) is 0. The van der Waals surface area contributed by atoms with Crippen molar-refractivity contribution in [2.75, 3.05) is 13.1 Å². The maximum absolute atomic E-state index is 6.29. The molecule has 1 saturated heterocycles. The molecule has 2 aromatic carbocycles. The molecule has 2 nitrogen and oxygen atoms in total. The maximum atomic E-state index is 6.29. The van der Waals surface area contributed by atoms with Crippen molar-refractivity contribution in [2.45, 2.75) is 32.0 Å². The first-order chi connectivity index (χ1) is 10.2. The van der Waals surface area contributed by atoms with E-state index in [2.05, 4.69) is 67.7 Å². The van der Waals surface area contributed by atoms with Gasteiger partial charge in [0.1, 0.15) is 0 Å². The minimum absolute atomic E-state index is 0.0545. The largest absolute Gasteiger partial charge is 0.365 e. The zero-order valence-corrected chi connectivity index (χ0v) is 12.8. The smallest absolute Gasteiger partial charge is 0.0957 e. The highest BCUT2D eigenvalue weighted by molar-refractivity contribution is 5.63. The monoisotopic (exact) mass is 281 g/mol. The second-order valence-electron chi connectivity index (χ2n) is 6.03. The van der Waals surface area contributed by atoms with E-state index >= 15 is 0 Å². The van der Waals surface area contributed by atoms with Gasteiger partial charge >= 0.3 is 0 Å². The van der Waals surface area contributed by atoms with Gasteiger partial charge in [0, 0.05) is 13.1 Å². The third kappa shape index (κ3) is 3.17. The lowest BCUT2D eigenvalue weighted by Gasteiger charge is -2.39. The van der Waals surface area contributed by atoms with Gasteiger partial charge in [-0.05, 0) is 30.0 Å². The fraction of sp³-hybridized carbons (Fsp3) is 0.368. The number of benzene rings is 2. The van der Waals surface area contributed by atoms with Crippen molar-refractivity contribution in [1.29, 1.82) is 0 Å². The third-order valence-corrected chi connectivity index (χ3v) is 4.39. The van der Waals surface area contributed by atoms with Gasteiger partial charge in [-0.25, -0.2) is 0 Å². The van der Waals surface area contributed by atoms with E-state index in [4.69, 9.17) is 4.74 Å². The average molecular weight is 281 g/mol. The zero-order valence-electron chi connectivity index (χ0n) is 12.8. The Balaban J connectivity index is 1.78. The topological polar surface area (TPSA) is 21.3 Å². The van der Waals surface area contributed by atoms with E-state index in [0.29, 0.717) is 0 Å². The van der Waals surface area contributed by atoms with E-state index in [1.165, 1.54) is 16.7 Å². The number of ether oxygens (including phenoxy) is 1. The Morgan fingerprint density at radius 1 is 1.05 bits per heavy atom. The number of morpholine rings is 1. The lowest BCUT2D eigenvalue weighted by Crippen LogP contribution is -2.48. The average Bonchev–Trinajstić information content (AvgIpc) is 2.56. The lowest BCUT2D eigenvalue weighted by atomic mass is 9.97. The molecule has 21 heavy (non-hydrogen) atoms. The fourth-order valence-electron chi connectivity index (χ4n) is 2.81. The molecule has 2 aromatic rings. The first-order valence-corrected chi connectivity index (χ1v) is 7.74. The Morgan fingerprint density at radius 3 is 2.38 bits per heavy atom. The summed E-state index contributed by atoms with van der Waals surface area (Å²) in [6.45, 7) is 6.19. The van der Waals surface area contributed by atoms with Crippen molar-refractivity contribution in [3.8, 4) is 11.1 Å². The molecular formula is C19H23NO. The molecule has 0 spiro atoms. The Bertz CT molecular complexity index is 578. The summed E-state index contributed by atoms with van der Waals surface area (Å²) in [6.07, 6.45) is 1.17. The van der Waals surface area contributed by atoms with Gasteiger partial charge < -0.3 is 10.1 Å². The molecule has 2 heteroatoms. The Kier molecular flexibility index (Phi) is 4.09. The molecule has 1 heterocycles. The van der Waals surface area contributed by atoms with Crippen molar-refractivity contribution in [3.63, 3.8) is 0 Å². The number of hydrogen-bond acceptors (Lipinski definition) is 2. The van der Waals surface area contributed by atoms with E-state index in [1.807, 2.05) is 6.07 Å². The predicted molar refractivity (Wildman–Crippen MR) is 87.3 cm³/mol. The van der Waals surface area contributed by atoms with Gasteiger partial charge in [-0.15, -0.1) is 0 Å². The van der Waals surface area contributed by atoms with E-state index in [1.54, 1.807) is 0 Å². The standard InChI is InChI=1S/C19H23NO/c1-3-19(2)14-20-13-18(21-19)17-11-9-16(10-12-17)15-7-5-4-6-8-15/h4-12,18,20H,3,13-14H2,1-2H3. The first kappa shape index (κ1) is 14.3. The molecule has 0 aliphatic carbocycles. The lowest BCUT2D eigenvalue weighted by molar-refractivity contribution is -0.109. The molecule has 3 rings (SSSR count). The van der Waals surface area contributed by atoms with Crippen molar-refractivity contribution in [1.82, 2.24) is 5.32 Å². The third-order valence-electron chi connectivity index (χ3n) is 4.39. The van der Waals surface area contributed by atoms with Crippen LogP contribution in [0.1, 0.15) is 31.9 Å². The van der Waals surface area contributed by atoms with Gasteiger partial charge in [0.15, 0.2) is 0 Å². The van der Waals surface area contributed by atoms with E-state index in [9.17, 15) is 0 Å². The van der Waals surface area contributed by atoms with Crippen LogP contribution in [-0.2, 0) is 4.74 Å². The van der Waals surface area contributed by atoms with Crippen LogP contribution in [0, 0.1) is 0 Å². The summed E-state index contributed by atoms with van der Waals surface area (Å²) in [6, 6.07) is 19.2. The summed E-state index contributed by atoms with van der Waals surface area (Å²) in [7, 11) is 0. The Morgan fingerprint density at radius 2 is 1.71 bits per heavy atom. The second kappa shape index (κ2) is 6.00. The minimum Gasteiger partial charge on any atom is -0.365 e. The molecule has 1 fully saturated rings. The molecule has 0 aromatic heterocycles. The molecule has 1 N–H and O–H groups in total. The van der Waals surface area contributed by atoms with Crippen LogP contribution in [0.2, 0.25) is 0 Å². The molecule has 1 aliphatic rings. The first-order valence-electron chi connectivity index (χ1n) is 7.74. The summed E-state index contributed by atoms with van der Waals surface area (Å²) in [5, 5.41) is 3.50. The molecule has 0 bridgehead atoms.